The second-order valence-corrected chi connectivity index (χ2v) is 10.6. The van der Waals surface area contributed by atoms with E-state index < -0.39 is 10.0 Å². The lowest BCUT2D eigenvalue weighted by molar-refractivity contribution is -0.708. The average Bonchev–Trinajstić information content (AvgIpc) is 3.09. The van der Waals surface area contributed by atoms with E-state index in [1.807, 2.05) is 23.9 Å². The van der Waals surface area contributed by atoms with Crippen molar-refractivity contribution < 1.29 is 37.0 Å². The van der Waals surface area contributed by atoms with E-state index in [2.05, 4.69) is 72.7 Å². The van der Waals surface area contributed by atoms with E-state index in [-0.39, 0.29) is 28.9 Å². The molecule has 2 aromatic carbocycles. The maximum atomic E-state index is 11.4. The predicted molar refractivity (Wildman–Crippen MR) is 131 cm³/mol. The minimum Gasteiger partial charge on any atom is -1.00 e. The molecule has 4 rings (SSSR count). The Morgan fingerprint density at radius 3 is 2.27 bits per heavy atom. The summed E-state index contributed by atoms with van der Waals surface area (Å²) >= 11 is 1.82. The molecule has 0 spiro atoms. The highest BCUT2D eigenvalue weighted by atomic mass is 127. The third-order valence-electron chi connectivity index (χ3n) is 5.72. The highest BCUT2D eigenvalue weighted by Gasteiger charge is 2.23. The maximum Gasteiger partial charge on any atom is 0.238 e. The first-order chi connectivity index (χ1) is 15.3. The van der Waals surface area contributed by atoms with Crippen LogP contribution in [0.1, 0.15) is 29.4 Å². The number of hydrogen-bond donors (Lipinski definition) is 1. The van der Waals surface area contributed by atoms with Gasteiger partial charge in [-0.25, -0.2) is 13.6 Å². The molecule has 0 saturated carbocycles. The van der Waals surface area contributed by atoms with Gasteiger partial charge in [0.15, 0.2) is 17.9 Å². The first-order valence-corrected chi connectivity index (χ1v) is 13.0. The number of rotatable bonds is 6. The average molecular weight is 594 g/mol. The van der Waals surface area contributed by atoms with E-state index in [0.29, 0.717) is 0 Å². The number of halogens is 1. The lowest BCUT2D eigenvalue weighted by atomic mass is 10.1. The van der Waals surface area contributed by atoms with Gasteiger partial charge in [-0.05, 0) is 48.4 Å². The van der Waals surface area contributed by atoms with Crippen LogP contribution in [0.2, 0.25) is 0 Å². The van der Waals surface area contributed by atoms with Crippen molar-refractivity contribution in [3.8, 4) is 0 Å². The van der Waals surface area contributed by atoms with Crippen molar-refractivity contribution in [1.29, 1.82) is 0 Å². The standard InChI is InChI=1S/C25H28N3O2S2.HI/c1-4-27-23-7-5-6-8-24(23)31-25(27)17-21-15-18(2)28(19(3)16-21)14-13-20-9-11-22(12-10-20)32(26,29)30;/h5-12,15-17H,4,13-14H2,1-3H3,(H2,26,29,30);1H/q+1;/p-1. The van der Waals surface area contributed by atoms with Crippen LogP contribution in [0.5, 0.6) is 0 Å². The van der Waals surface area contributed by atoms with Gasteiger partial charge in [0.05, 0.1) is 15.6 Å². The van der Waals surface area contributed by atoms with E-state index in [9.17, 15) is 8.42 Å². The lowest BCUT2D eigenvalue weighted by Crippen LogP contribution is -3.00. The fourth-order valence-electron chi connectivity index (χ4n) is 4.11. The molecule has 1 aliphatic rings. The first kappa shape index (κ1) is 25.7. The highest BCUT2D eigenvalue weighted by Crippen LogP contribution is 2.46. The van der Waals surface area contributed by atoms with Crippen LogP contribution in [0.3, 0.4) is 0 Å². The van der Waals surface area contributed by atoms with E-state index >= 15 is 0 Å². The summed E-state index contributed by atoms with van der Waals surface area (Å²) in [5.74, 6) is 0. The molecule has 0 fully saturated rings. The fourth-order valence-corrected chi connectivity index (χ4v) is 5.81. The van der Waals surface area contributed by atoms with Gasteiger partial charge in [0.25, 0.3) is 0 Å². The molecule has 1 aromatic heterocycles. The van der Waals surface area contributed by atoms with E-state index in [1.165, 1.54) is 32.6 Å². The summed E-state index contributed by atoms with van der Waals surface area (Å²) < 4.78 is 25.2. The van der Waals surface area contributed by atoms with Crippen LogP contribution in [0.4, 0.5) is 5.69 Å². The van der Waals surface area contributed by atoms with Crippen LogP contribution < -0.4 is 38.6 Å². The number of fused-ring (bicyclic) bond motifs is 1. The molecule has 1 aliphatic heterocycles. The van der Waals surface area contributed by atoms with Crippen LogP contribution in [0.25, 0.3) is 6.08 Å². The molecule has 8 heteroatoms. The van der Waals surface area contributed by atoms with Crippen LogP contribution >= 0.6 is 11.8 Å². The molecule has 33 heavy (non-hydrogen) atoms. The Hall–Kier alpha value is -1.88. The molecule has 3 aromatic rings. The van der Waals surface area contributed by atoms with Gasteiger partial charge >= 0.3 is 0 Å². The van der Waals surface area contributed by atoms with Gasteiger partial charge in [0.1, 0.15) is 0 Å². The van der Waals surface area contributed by atoms with Gasteiger partial charge in [0, 0.05) is 43.8 Å². The third kappa shape index (κ3) is 5.79. The minimum absolute atomic E-state index is 0. The second kappa shape index (κ2) is 10.6. The first-order valence-electron chi connectivity index (χ1n) is 10.6. The molecular formula is C25H28IN3O2S2. The molecule has 2 heterocycles. The zero-order valence-electron chi connectivity index (χ0n) is 19.0. The predicted octanol–water partition coefficient (Wildman–Crippen LogP) is 1.42. The molecule has 0 saturated heterocycles. The largest absolute Gasteiger partial charge is 1.00 e. The van der Waals surface area contributed by atoms with Crippen LogP contribution in [-0.2, 0) is 23.0 Å². The second-order valence-electron chi connectivity index (χ2n) is 7.96. The summed E-state index contributed by atoms with van der Waals surface area (Å²) in [6.45, 7) is 8.21. The van der Waals surface area contributed by atoms with Gasteiger partial charge in [-0.2, -0.15) is 4.57 Å². The Kier molecular flexibility index (Phi) is 8.26. The number of aromatic nitrogens is 1. The summed E-state index contributed by atoms with van der Waals surface area (Å²) in [4.78, 5) is 3.80. The van der Waals surface area contributed by atoms with Crippen molar-refractivity contribution >= 4 is 33.5 Å². The van der Waals surface area contributed by atoms with Gasteiger partial charge in [-0.3, -0.25) is 0 Å². The van der Waals surface area contributed by atoms with Crippen molar-refractivity contribution in [2.45, 2.75) is 43.5 Å². The molecule has 174 valence electrons. The SMILES string of the molecule is CCN1C(=Cc2cc(C)[n+](CCc3ccc(S(N)(=O)=O)cc3)c(C)c2)Sc2ccccc21.[I-]. The number of aryl methyl sites for hydroxylation is 3. The molecule has 0 unspecified atom stereocenters. The van der Waals surface area contributed by atoms with Gasteiger partial charge in [0.2, 0.25) is 10.0 Å². The monoisotopic (exact) mass is 593 g/mol. The van der Waals surface area contributed by atoms with Gasteiger partial charge in [-0.1, -0.05) is 36.0 Å². The maximum absolute atomic E-state index is 11.4. The Bertz CT molecular complexity index is 1270. The highest BCUT2D eigenvalue weighted by molar-refractivity contribution is 8.03. The Morgan fingerprint density at radius 2 is 1.67 bits per heavy atom. The normalized spacial score (nSPS) is 14.3. The van der Waals surface area contributed by atoms with Crippen molar-refractivity contribution in [2.24, 2.45) is 5.14 Å². The number of nitrogens with zero attached hydrogens (tertiary/aromatic N) is 2. The Balaban J connectivity index is 0.00000306. The van der Waals surface area contributed by atoms with E-state index in [1.54, 1.807) is 12.1 Å². The molecule has 0 atom stereocenters. The number of sulfonamides is 1. The number of primary sulfonamides is 1. The third-order valence-corrected chi connectivity index (χ3v) is 7.76. The number of nitrogens with two attached hydrogens (primary N) is 1. The smallest absolute Gasteiger partial charge is 0.238 e. The topological polar surface area (TPSA) is 67.3 Å². The van der Waals surface area contributed by atoms with Crippen molar-refractivity contribution in [3.05, 3.63) is 88.2 Å². The number of pyridine rings is 1. The molecule has 0 radical (unpaired) electrons. The fraction of sp³-hybridized carbons (Fsp3) is 0.240. The van der Waals surface area contributed by atoms with Crippen LogP contribution in [-0.4, -0.2) is 15.0 Å². The Labute approximate surface area is 217 Å². The Morgan fingerprint density at radius 1 is 1.03 bits per heavy atom. The number of para-hydroxylation sites is 1. The van der Waals surface area contributed by atoms with Crippen molar-refractivity contribution in [1.82, 2.24) is 0 Å². The van der Waals surface area contributed by atoms with Crippen molar-refractivity contribution in [2.75, 3.05) is 11.4 Å². The number of anilines is 1. The molecular weight excluding hydrogens is 565 g/mol. The molecule has 0 bridgehead atoms. The van der Waals surface area contributed by atoms with Gasteiger partial charge < -0.3 is 28.9 Å². The molecule has 0 aliphatic carbocycles. The summed E-state index contributed by atoms with van der Waals surface area (Å²) in [5.41, 5.74) is 5.94. The summed E-state index contributed by atoms with van der Waals surface area (Å²) in [5, 5.41) is 6.44. The zero-order valence-corrected chi connectivity index (χ0v) is 22.7. The van der Waals surface area contributed by atoms with Crippen LogP contribution in [0, 0.1) is 13.8 Å². The quantitative estimate of drug-likeness (QED) is 0.347. The molecule has 2 N–H and O–H groups in total. The minimum atomic E-state index is -3.65. The zero-order chi connectivity index (χ0) is 22.9. The number of benzene rings is 2. The summed E-state index contributed by atoms with van der Waals surface area (Å²) in [6.07, 6.45) is 3.08. The molecule has 0 amide bonds. The van der Waals surface area contributed by atoms with E-state index in [4.69, 9.17) is 5.14 Å². The lowest BCUT2D eigenvalue weighted by Gasteiger charge is -2.18. The van der Waals surface area contributed by atoms with E-state index in [0.717, 1.165) is 25.1 Å². The van der Waals surface area contributed by atoms with Crippen molar-refractivity contribution in [3.63, 3.8) is 0 Å². The number of thioether (sulfide) groups is 1. The van der Waals surface area contributed by atoms with Gasteiger partial charge in [-0.15, -0.1) is 0 Å². The van der Waals surface area contributed by atoms with Crippen LogP contribution in [0.15, 0.2) is 75.5 Å². The number of hydrogen-bond acceptors (Lipinski definition) is 4. The summed E-state index contributed by atoms with van der Waals surface area (Å²) in [6, 6.07) is 19.8. The summed E-state index contributed by atoms with van der Waals surface area (Å²) in [7, 11) is -3.65. The molecule has 5 nitrogen and oxygen atoms in total.